The van der Waals surface area contributed by atoms with Crippen molar-refractivity contribution in [3.8, 4) is 0 Å². The Labute approximate surface area is 46.2 Å². The fourth-order valence-corrected chi connectivity index (χ4v) is 0.146. The summed E-state index contributed by atoms with van der Waals surface area (Å²) in [6.45, 7) is 0. The molecule has 40 valence electrons. The Morgan fingerprint density at radius 3 is 2.29 bits per heavy atom. The molecule has 0 aromatic carbocycles. The predicted molar refractivity (Wildman–Crippen MR) is 28.9 cm³/mol. The zero-order chi connectivity index (χ0) is 5.86. The van der Waals surface area contributed by atoms with Gasteiger partial charge in [-0.25, -0.2) is 0 Å². The Bertz CT molecular complexity index is 110. The van der Waals surface area contributed by atoms with Crippen molar-refractivity contribution in [1.82, 2.24) is 0 Å². The highest BCUT2D eigenvalue weighted by molar-refractivity contribution is 7.97. The average Bonchev–Trinajstić information content (AvgIpc) is 1.65. The van der Waals surface area contributed by atoms with Gasteiger partial charge in [0.2, 0.25) is 0 Å². The van der Waals surface area contributed by atoms with Gasteiger partial charge in [-0.2, -0.15) is 0 Å². The molecule has 0 amide bonds. The third-order valence-electron chi connectivity index (χ3n) is 0.377. The first-order valence-electron chi connectivity index (χ1n) is 1.52. The molecule has 0 fully saturated rings. The number of carbonyl (C=O) groups is 1. The first-order chi connectivity index (χ1) is 3.18. The molecule has 0 atom stereocenters. The number of carbonyl (C=O) groups excluding carboxylic acids is 1. The number of hydrogen-bond acceptors (Lipinski definition) is 3. The molecule has 0 radical (unpaired) electrons. The van der Waals surface area contributed by atoms with Gasteiger partial charge < -0.3 is 10.8 Å². The smallest absolute Gasteiger partial charge is 0.252 e. The van der Waals surface area contributed by atoms with Crippen molar-refractivity contribution < 1.29 is 9.90 Å². The molecular formula is C3H5NO2S. The van der Waals surface area contributed by atoms with E-state index in [1.165, 1.54) is 0 Å². The number of rotatable bonds is 1. The minimum absolute atomic E-state index is 0.525. The summed E-state index contributed by atoms with van der Waals surface area (Å²) >= 11 is 3.24. The van der Waals surface area contributed by atoms with Gasteiger partial charge in [0.1, 0.15) is 0 Å². The van der Waals surface area contributed by atoms with Crippen LogP contribution in [0.2, 0.25) is 0 Å². The Morgan fingerprint density at radius 2 is 2.29 bits per heavy atom. The minimum atomic E-state index is -0.720. The van der Waals surface area contributed by atoms with Crippen molar-refractivity contribution in [3.63, 3.8) is 0 Å². The van der Waals surface area contributed by atoms with E-state index in [2.05, 4.69) is 12.6 Å². The highest BCUT2D eigenvalue weighted by Gasteiger charge is 1.95. The van der Waals surface area contributed by atoms with Crippen molar-refractivity contribution in [2.75, 3.05) is 0 Å². The second-order valence-corrected chi connectivity index (χ2v) is 1.26. The van der Waals surface area contributed by atoms with Crippen LogP contribution in [0.4, 0.5) is 0 Å². The van der Waals surface area contributed by atoms with E-state index in [9.17, 15) is 4.79 Å². The molecular weight excluding hydrogens is 114 g/mol. The molecule has 0 bridgehead atoms. The summed E-state index contributed by atoms with van der Waals surface area (Å²) in [6.07, 6.45) is 0.787. The van der Waals surface area contributed by atoms with Crippen molar-refractivity contribution in [3.05, 3.63) is 12.0 Å². The summed E-state index contributed by atoms with van der Waals surface area (Å²) in [4.78, 5) is 9.84. The van der Waals surface area contributed by atoms with E-state index in [4.69, 9.17) is 10.8 Å². The maximum Gasteiger partial charge on any atom is 0.252 e. The number of hydrogen-bond donors (Lipinski definition) is 3. The number of nitrogens with two attached hydrogens (primary N) is 1. The highest BCUT2D eigenvalue weighted by atomic mass is 32.1. The van der Waals surface area contributed by atoms with E-state index in [-0.39, 0.29) is 0 Å². The fraction of sp³-hybridized carbons (Fsp3) is 0. The summed E-state index contributed by atoms with van der Waals surface area (Å²) < 4.78 is 0. The first kappa shape index (κ1) is 6.36. The zero-order valence-corrected chi connectivity index (χ0v) is 4.35. The van der Waals surface area contributed by atoms with Crippen LogP contribution >= 0.6 is 12.6 Å². The molecule has 0 saturated heterocycles. The molecule has 0 aliphatic rings. The van der Waals surface area contributed by atoms with E-state index < -0.39 is 10.9 Å². The molecule has 4 heteroatoms. The van der Waals surface area contributed by atoms with Crippen LogP contribution in [0.25, 0.3) is 0 Å². The third-order valence-corrected chi connectivity index (χ3v) is 0.606. The van der Waals surface area contributed by atoms with Crippen LogP contribution in [0, 0.1) is 0 Å². The average molecular weight is 119 g/mol. The van der Waals surface area contributed by atoms with Gasteiger partial charge in [0, 0.05) is 6.20 Å². The maximum absolute atomic E-state index is 9.84. The molecule has 0 spiro atoms. The Kier molecular flexibility index (Phi) is 2.29. The van der Waals surface area contributed by atoms with E-state index >= 15 is 0 Å². The monoisotopic (exact) mass is 119 g/mol. The van der Waals surface area contributed by atoms with E-state index in [1.54, 1.807) is 0 Å². The summed E-state index contributed by atoms with van der Waals surface area (Å²) in [5.74, 6) is -0.525. The highest BCUT2D eigenvalue weighted by Crippen LogP contribution is 1.89. The molecule has 0 saturated carbocycles. The van der Waals surface area contributed by atoms with Crippen molar-refractivity contribution >= 4 is 17.7 Å². The fourth-order valence-electron chi connectivity index (χ4n) is 0.0713. The van der Waals surface area contributed by atoms with Crippen LogP contribution in [-0.4, -0.2) is 10.2 Å². The normalized spacial score (nSPS) is 11.3. The SMILES string of the molecule is NC=C(O)C(=O)S. The topological polar surface area (TPSA) is 63.3 Å². The van der Waals surface area contributed by atoms with Gasteiger partial charge in [0.05, 0.1) is 0 Å². The molecule has 0 unspecified atom stereocenters. The lowest BCUT2D eigenvalue weighted by Gasteiger charge is -1.83. The van der Waals surface area contributed by atoms with Gasteiger partial charge in [0.15, 0.2) is 5.76 Å². The van der Waals surface area contributed by atoms with Crippen molar-refractivity contribution in [2.24, 2.45) is 5.73 Å². The Hall–Kier alpha value is -0.640. The molecule has 0 aliphatic heterocycles. The maximum atomic E-state index is 9.84. The van der Waals surface area contributed by atoms with Crippen LogP contribution in [0.3, 0.4) is 0 Å². The van der Waals surface area contributed by atoms with E-state index in [0.717, 1.165) is 6.20 Å². The summed E-state index contributed by atoms with van der Waals surface area (Å²) in [5, 5.41) is 7.53. The standard InChI is InChI=1S/C3H5NO2S/c4-1-2(5)3(6)7/h1,5H,4H2,(H,6,7). The van der Waals surface area contributed by atoms with Crippen LogP contribution in [0.1, 0.15) is 0 Å². The molecule has 0 rings (SSSR count). The largest absolute Gasteiger partial charge is 0.503 e. The second kappa shape index (κ2) is 2.52. The number of aliphatic hydroxyl groups excluding tert-OH is 1. The Balaban J connectivity index is 3.82. The van der Waals surface area contributed by atoms with Gasteiger partial charge in [-0.15, -0.1) is 0 Å². The minimum Gasteiger partial charge on any atom is -0.503 e. The molecule has 7 heavy (non-hydrogen) atoms. The van der Waals surface area contributed by atoms with Gasteiger partial charge >= 0.3 is 0 Å². The van der Waals surface area contributed by atoms with E-state index in [0.29, 0.717) is 0 Å². The lowest BCUT2D eigenvalue weighted by atomic mass is 10.6. The lowest BCUT2D eigenvalue weighted by molar-refractivity contribution is -0.109. The zero-order valence-electron chi connectivity index (χ0n) is 3.46. The summed E-state index contributed by atoms with van der Waals surface area (Å²) in [6, 6.07) is 0. The first-order valence-corrected chi connectivity index (χ1v) is 1.97. The molecule has 0 aliphatic carbocycles. The van der Waals surface area contributed by atoms with Crippen molar-refractivity contribution in [2.45, 2.75) is 0 Å². The van der Waals surface area contributed by atoms with Gasteiger partial charge in [0.25, 0.3) is 5.12 Å². The number of aliphatic hydroxyl groups is 1. The summed E-state index contributed by atoms with van der Waals surface area (Å²) in [5.41, 5.74) is 4.69. The van der Waals surface area contributed by atoms with Gasteiger partial charge in [-0.3, -0.25) is 4.79 Å². The molecule has 3 nitrogen and oxygen atoms in total. The van der Waals surface area contributed by atoms with Gasteiger partial charge in [-0.1, -0.05) is 12.6 Å². The van der Waals surface area contributed by atoms with Crippen LogP contribution in [-0.2, 0) is 4.79 Å². The second-order valence-electron chi connectivity index (χ2n) is 0.857. The van der Waals surface area contributed by atoms with Crippen molar-refractivity contribution in [1.29, 1.82) is 0 Å². The Morgan fingerprint density at radius 1 is 1.86 bits per heavy atom. The third kappa shape index (κ3) is 2.11. The molecule has 0 heterocycles. The number of thiol groups is 1. The van der Waals surface area contributed by atoms with Crippen LogP contribution in [0.5, 0.6) is 0 Å². The van der Waals surface area contributed by atoms with Gasteiger partial charge in [-0.05, 0) is 0 Å². The molecule has 0 aromatic heterocycles. The predicted octanol–water partition coefficient (Wildman–Crippen LogP) is -0.199. The molecule has 3 N–H and O–H groups in total. The van der Waals surface area contributed by atoms with E-state index in [1.807, 2.05) is 0 Å². The van der Waals surface area contributed by atoms with Crippen LogP contribution in [0.15, 0.2) is 12.0 Å². The van der Waals surface area contributed by atoms with Crippen LogP contribution < -0.4 is 5.73 Å². The lowest BCUT2D eigenvalue weighted by Crippen LogP contribution is -1.94. The quantitative estimate of drug-likeness (QED) is 0.254. The summed E-state index contributed by atoms with van der Waals surface area (Å²) in [7, 11) is 0. The molecule has 0 aromatic rings.